The average molecular weight is 341 g/mol. The highest BCUT2D eigenvalue weighted by molar-refractivity contribution is 5.51. The van der Waals surface area contributed by atoms with Gasteiger partial charge in [0.25, 0.3) is 0 Å². The lowest BCUT2D eigenvalue weighted by Gasteiger charge is -2.10. The highest BCUT2D eigenvalue weighted by atomic mass is 16.5. The second-order valence-electron chi connectivity index (χ2n) is 5.71. The van der Waals surface area contributed by atoms with Crippen LogP contribution in [0, 0.1) is 6.26 Å². The maximum Gasteiger partial charge on any atom is 0.161 e. The minimum atomic E-state index is 0.495. The molecule has 129 valence electrons. The minimum absolute atomic E-state index is 0.495. The molecule has 0 aliphatic heterocycles. The monoisotopic (exact) mass is 341 g/mol. The first-order valence-electron chi connectivity index (χ1n) is 8.64. The van der Waals surface area contributed by atoms with Crippen LogP contribution in [0.1, 0.15) is 17.5 Å². The van der Waals surface area contributed by atoms with Gasteiger partial charge >= 0.3 is 0 Å². The van der Waals surface area contributed by atoms with Crippen molar-refractivity contribution in [3.63, 3.8) is 0 Å². The predicted molar refractivity (Wildman–Crippen MR) is 106 cm³/mol. The van der Waals surface area contributed by atoms with E-state index in [1.165, 1.54) is 0 Å². The zero-order chi connectivity index (χ0) is 17.9. The van der Waals surface area contributed by atoms with Crippen molar-refractivity contribution in [3.8, 4) is 5.75 Å². The molecule has 0 aliphatic rings. The van der Waals surface area contributed by atoms with Crippen molar-refractivity contribution in [3.05, 3.63) is 114 Å². The predicted octanol–water partition coefficient (Wildman–Crippen LogP) is 5.99. The summed E-state index contributed by atoms with van der Waals surface area (Å²) in [5.74, 6) is 1.67. The fraction of sp³-hybridized carbons (Fsp3) is 0.0833. The molecule has 0 aliphatic carbocycles. The van der Waals surface area contributed by atoms with E-state index < -0.39 is 0 Å². The summed E-state index contributed by atoms with van der Waals surface area (Å²) in [5, 5.41) is 0. The molecule has 3 aromatic rings. The van der Waals surface area contributed by atoms with Crippen LogP contribution in [-0.4, -0.2) is 6.61 Å². The molecule has 2 heteroatoms. The van der Waals surface area contributed by atoms with Crippen molar-refractivity contribution in [1.82, 2.24) is 0 Å². The van der Waals surface area contributed by atoms with E-state index in [1.54, 1.807) is 0 Å². The topological polar surface area (TPSA) is 18.5 Å². The first-order chi connectivity index (χ1) is 12.9. The van der Waals surface area contributed by atoms with Crippen LogP contribution >= 0.6 is 0 Å². The van der Waals surface area contributed by atoms with Crippen LogP contribution in [0.4, 0.5) is 0 Å². The Bertz CT molecular complexity index is 822. The molecular weight excluding hydrogens is 320 g/mol. The molecule has 0 heterocycles. The second-order valence-corrected chi connectivity index (χ2v) is 5.71. The fourth-order valence-corrected chi connectivity index (χ4v) is 2.40. The molecule has 2 nitrogen and oxygen atoms in total. The maximum absolute atomic E-state index is 6.03. The molecule has 3 rings (SSSR count). The molecule has 0 saturated carbocycles. The van der Waals surface area contributed by atoms with Crippen LogP contribution in [0.2, 0.25) is 0 Å². The average Bonchev–Trinajstić information content (AvgIpc) is 2.70. The summed E-state index contributed by atoms with van der Waals surface area (Å²) >= 11 is 0. The van der Waals surface area contributed by atoms with Gasteiger partial charge in [-0.05, 0) is 35.4 Å². The molecule has 1 radical (unpaired) electrons. The third-order valence-corrected chi connectivity index (χ3v) is 3.68. The van der Waals surface area contributed by atoms with E-state index in [4.69, 9.17) is 9.47 Å². The molecule has 0 aromatic heterocycles. The molecule has 0 saturated heterocycles. The zero-order valence-electron chi connectivity index (χ0n) is 14.5. The summed E-state index contributed by atoms with van der Waals surface area (Å²) in [6, 6.07) is 29.9. The first kappa shape index (κ1) is 17.6. The molecule has 0 spiro atoms. The van der Waals surface area contributed by atoms with Gasteiger partial charge in [0.1, 0.15) is 11.5 Å². The fourth-order valence-electron chi connectivity index (χ4n) is 2.40. The van der Waals surface area contributed by atoms with Crippen LogP contribution in [0.25, 0.3) is 12.2 Å². The number of ether oxygens (including phenoxy) is 2. The van der Waals surface area contributed by atoms with Crippen molar-refractivity contribution in [2.75, 3.05) is 6.61 Å². The van der Waals surface area contributed by atoms with E-state index in [-0.39, 0.29) is 0 Å². The summed E-state index contributed by atoms with van der Waals surface area (Å²) in [7, 11) is 0. The Hall–Kier alpha value is -3.26. The van der Waals surface area contributed by atoms with Gasteiger partial charge in [-0.1, -0.05) is 78.9 Å². The highest BCUT2D eigenvalue weighted by Crippen LogP contribution is 2.17. The van der Waals surface area contributed by atoms with Crippen LogP contribution < -0.4 is 4.74 Å². The Morgan fingerprint density at radius 1 is 0.731 bits per heavy atom. The van der Waals surface area contributed by atoms with Gasteiger partial charge in [0.15, 0.2) is 6.26 Å². The Labute approximate surface area is 155 Å². The summed E-state index contributed by atoms with van der Waals surface area (Å²) < 4.78 is 11.5. The smallest absolute Gasteiger partial charge is 0.161 e. The lowest BCUT2D eigenvalue weighted by atomic mass is 10.2. The van der Waals surface area contributed by atoms with Gasteiger partial charge in [0, 0.05) is 6.42 Å². The van der Waals surface area contributed by atoms with Gasteiger partial charge in [-0.3, -0.25) is 0 Å². The van der Waals surface area contributed by atoms with Crippen molar-refractivity contribution in [2.45, 2.75) is 6.42 Å². The molecule has 0 bridgehead atoms. The lowest BCUT2D eigenvalue weighted by molar-refractivity contribution is 0.221. The van der Waals surface area contributed by atoms with Crippen LogP contribution in [0.5, 0.6) is 5.75 Å². The molecule has 0 unspecified atom stereocenters. The van der Waals surface area contributed by atoms with Crippen molar-refractivity contribution in [2.24, 2.45) is 0 Å². The largest absolute Gasteiger partial charge is 0.489 e. The number of hydrogen-bond donors (Lipinski definition) is 0. The molecule has 0 amide bonds. The minimum Gasteiger partial charge on any atom is -0.489 e. The third-order valence-electron chi connectivity index (χ3n) is 3.68. The molecule has 0 fully saturated rings. The quantitative estimate of drug-likeness (QED) is 0.370. The Kier molecular flexibility index (Phi) is 6.68. The van der Waals surface area contributed by atoms with Gasteiger partial charge in [-0.25, -0.2) is 0 Å². The normalized spacial score (nSPS) is 11.5. The van der Waals surface area contributed by atoms with Crippen molar-refractivity contribution < 1.29 is 9.47 Å². The Morgan fingerprint density at radius 2 is 1.31 bits per heavy atom. The van der Waals surface area contributed by atoms with E-state index in [0.29, 0.717) is 13.0 Å². The lowest BCUT2D eigenvalue weighted by Crippen LogP contribution is -2.00. The summed E-state index contributed by atoms with van der Waals surface area (Å²) in [5.41, 5.74) is 2.16. The third kappa shape index (κ3) is 5.99. The van der Waals surface area contributed by atoms with Gasteiger partial charge < -0.3 is 9.47 Å². The maximum atomic E-state index is 6.03. The SMILES string of the molecule is [C](=Cc1ccccc1)OCCC(=Cc1ccccc1)Oc1ccccc1. The Balaban J connectivity index is 1.60. The molecular formula is C24H21O2. The van der Waals surface area contributed by atoms with Crippen LogP contribution in [0.15, 0.2) is 96.8 Å². The van der Waals surface area contributed by atoms with E-state index in [0.717, 1.165) is 22.6 Å². The number of hydrogen-bond acceptors (Lipinski definition) is 2. The van der Waals surface area contributed by atoms with Crippen LogP contribution in [-0.2, 0) is 4.74 Å². The molecule has 3 aromatic carbocycles. The molecule has 0 N–H and O–H groups in total. The molecule has 26 heavy (non-hydrogen) atoms. The van der Waals surface area contributed by atoms with E-state index in [2.05, 4.69) is 18.4 Å². The van der Waals surface area contributed by atoms with E-state index in [9.17, 15) is 0 Å². The second kappa shape index (κ2) is 9.90. The van der Waals surface area contributed by atoms with E-state index in [1.807, 2.05) is 91.0 Å². The summed E-state index contributed by atoms with van der Waals surface area (Å²) in [6.45, 7) is 0.495. The standard InChI is InChI=1S/C24H21O2/c1-4-10-21(11-5-1)16-18-25-19-17-24(20-22-12-6-2-7-13-22)26-23-14-8-3-9-15-23/h1-16,20H,17,19H2. The zero-order valence-corrected chi connectivity index (χ0v) is 14.5. The summed E-state index contributed by atoms with van der Waals surface area (Å²) in [4.78, 5) is 0. The number of benzene rings is 3. The highest BCUT2D eigenvalue weighted by Gasteiger charge is 2.02. The van der Waals surface area contributed by atoms with Gasteiger partial charge in [-0.2, -0.15) is 0 Å². The van der Waals surface area contributed by atoms with Crippen LogP contribution in [0.3, 0.4) is 0 Å². The van der Waals surface area contributed by atoms with Gasteiger partial charge in [-0.15, -0.1) is 0 Å². The Morgan fingerprint density at radius 3 is 1.96 bits per heavy atom. The van der Waals surface area contributed by atoms with Gasteiger partial charge in [0.05, 0.1) is 6.61 Å². The first-order valence-corrected chi connectivity index (χ1v) is 8.64. The molecule has 0 atom stereocenters. The number of rotatable bonds is 8. The van der Waals surface area contributed by atoms with Gasteiger partial charge in [0.2, 0.25) is 0 Å². The number of para-hydroxylation sites is 1. The van der Waals surface area contributed by atoms with Crippen molar-refractivity contribution in [1.29, 1.82) is 0 Å². The summed E-state index contributed by atoms with van der Waals surface area (Å²) in [6.07, 6.45) is 7.40. The van der Waals surface area contributed by atoms with E-state index >= 15 is 0 Å². The van der Waals surface area contributed by atoms with Crippen molar-refractivity contribution >= 4 is 12.2 Å².